The fourth-order valence-electron chi connectivity index (χ4n) is 3.01. The van der Waals surface area contributed by atoms with E-state index in [2.05, 4.69) is 15.1 Å². The molecule has 1 aromatic heterocycles. The van der Waals surface area contributed by atoms with Crippen LogP contribution in [0.5, 0.6) is 0 Å². The topological polar surface area (TPSA) is 52.6 Å². The van der Waals surface area contributed by atoms with Gasteiger partial charge in [-0.25, -0.2) is 0 Å². The number of rotatable bonds is 4. The van der Waals surface area contributed by atoms with Crippen molar-refractivity contribution in [2.24, 2.45) is 0 Å². The van der Waals surface area contributed by atoms with Crippen molar-refractivity contribution in [3.05, 3.63) is 47.5 Å². The van der Waals surface area contributed by atoms with Crippen LogP contribution in [0, 0.1) is 0 Å². The van der Waals surface area contributed by atoms with Crippen molar-refractivity contribution < 1.29 is 18.0 Å². The van der Waals surface area contributed by atoms with Gasteiger partial charge in [0, 0.05) is 40.3 Å². The Bertz CT molecular complexity index is 798. The molecule has 1 aromatic carbocycles. The van der Waals surface area contributed by atoms with Crippen LogP contribution in [0.3, 0.4) is 0 Å². The van der Waals surface area contributed by atoms with E-state index in [-0.39, 0.29) is 12.3 Å². The summed E-state index contributed by atoms with van der Waals surface area (Å²) in [6, 6.07) is 8.54. The third kappa shape index (κ3) is 4.71. The first-order valence-corrected chi connectivity index (χ1v) is 8.94. The van der Waals surface area contributed by atoms with Crippen molar-refractivity contribution in [1.82, 2.24) is 15.1 Å². The maximum atomic E-state index is 12.6. The van der Waals surface area contributed by atoms with E-state index >= 15 is 0 Å². The minimum Gasteiger partial charge on any atom is -0.361 e. The zero-order chi connectivity index (χ0) is 20.3. The lowest BCUT2D eigenvalue weighted by Gasteiger charge is -2.35. The maximum Gasteiger partial charge on any atom is 0.416 e. The molecule has 0 saturated carbocycles. The maximum absolute atomic E-state index is 12.6. The number of anilines is 2. The minimum absolute atomic E-state index is 0.0894. The molecule has 3 rings (SSSR count). The molecule has 28 heavy (non-hydrogen) atoms. The van der Waals surface area contributed by atoms with Crippen molar-refractivity contribution >= 4 is 17.5 Å². The van der Waals surface area contributed by atoms with Gasteiger partial charge in [-0.1, -0.05) is 12.1 Å². The number of alkyl halides is 3. The summed E-state index contributed by atoms with van der Waals surface area (Å²) in [5.74, 6) is 1.45. The molecule has 0 atom stereocenters. The molecule has 0 radical (unpaired) electrons. The predicted molar refractivity (Wildman–Crippen MR) is 100 cm³/mol. The Kier molecular flexibility index (Phi) is 5.71. The van der Waals surface area contributed by atoms with Crippen LogP contribution in [0.25, 0.3) is 0 Å². The summed E-state index contributed by atoms with van der Waals surface area (Å²) >= 11 is 0. The highest BCUT2D eigenvalue weighted by Crippen LogP contribution is 2.29. The Morgan fingerprint density at radius 2 is 1.64 bits per heavy atom. The molecule has 1 aliphatic heterocycles. The normalized spacial score (nSPS) is 14.9. The van der Waals surface area contributed by atoms with Gasteiger partial charge in [0.1, 0.15) is 0 Å². The van der Waals surface area contributed by atoms with Gasteiger partial charge in [0.05, 0.1) is 12.0 Å². The largest absolute Gasteiger partial charge is 0.416 e. The Balaban J connectivity index is 1.53. The first kappa shape index (κ1) is 19.9. The average molecular weight is 393 g/mol. The van der Waals surface area contributed by atoms with Crippen molar-refractivity contribution in [3.63, 3.8) is 0 Å². The van der Waals surface area contributed by atoms with Crippen molar-refractivity contribution in [3.8, 4) is 0 Å². The monoisotopic (exact) mass is 393 g/mol. The summed E-state index contributed by atoms with van der Waals surface area (Å²) in [6.45, 7) is 2.34. The van der Waals surface area contributed by atoms with Gasteiger partial charge < -0.3 is 14.7 Å². The van der Waals surface area contributed by atoms with Crippen molar-refractivity contribution in [1.29, 1.82) is 0 Å². The number of nitrogens with zero attached hydrogens (tertiary/aromatic N) is 5. The van der Waals surface area contributed by atoms with Gasteiger partial charge in [0.15, 0.2) is 11.6 Å². The van der Waals surface area contributed by atoms with E-state index in [9.17, 15) is 18.0 Å². The lowest BCUT2D eigenvalue weighted by molar-refractivity contribution is -0.137. The highest BCUT2D eigenvalue weighted by atomic mass is 19.4. The number of benzene rings is 1. The van der Waals surface area contributed by atoms with Gasteiger partial charge in [-0.05, 0) is 29.8 Å². The molecule has 0 bridgehead atoms. The quantitative estimate of drug-likeness (QED) is 0.799. The molecule has 6 nitrogen and oxygen atoms in total. The Morgan fingerprint density at radius 1 is 1.00 bits per heavy atom. The summed E-state index contributed by atoms with van der Waals surface area (Å²) in [4.78, 5) is 18.1. The molecular formula is C19H22F3N5O. The number of carbonyl (C=O) groups is 1. The Hall–Kier alpha value is -2.84. The van der Waals surface area contributed by atoms with Crippen LogP contribution >= 0.6 is 0 Å². The summed E-state index contributed by atoms with van der Waals surface area (Å²) in [5, 5.41) is 8.39. The second-order valence-electron chi connectivity index (χ2n) is 6.88. The molecule has 0 aliphatic carbocycles. The summed E-state index contributed by atoms with van der Waals surface area (Å²) in [7, 11) is 3.79. The fraction of sp³-hybridized carbons (Fsp3) is 0.421. The van der Waals surface area contributed by atoms with Gasteiger partial charge in [0.2, 0.25) is 5.91 Å². The lowest BCUT2D eigenvalue weighted by atomic mass is 10.1. The van der Waals surface area contributed by atoms with Gasteiger partial charge in [-0.3, -0.25) is 4.79 Å². The van der Waals surface area contributed by atoms with Gasteiger partial charge >= 0.3 is 6.18 Å². The van der Waals surface area contributed by atoms with E-state index < -0.39 is 11.7 Å². The molecule has 1 saturated heterocycles. The highest BCUT2D eigenvalue weighted by Gasteiger charge is 2.30. The van der Waals surface area contributed by atoms with E-state index in [1.54, 1.807) is 4.90 Å². The summed E-state index contributed by atoms with van der Waals surface area (Å²) < 4.78 is 37.9. The molecule has 1 amide bonds. The van der Waals surface area contributed by atoms with Crippen LogP contribution in [-0.4, -0.2) is 61.3 Å². The first-order valence-electron chi connectivity index (χ1n) is 8.94. The number of aromatic nitrogens is 2. The first-order chi connectivity index (χ1) is 13.2. The fourth-order valence-corrected chi connectivity index (χ4v) is 3.01. The molecule has 1 aliphatic rings. The van der Waals surface area contributed by atoms with E-state index in [4.69, 9.17) is 0 Å². The van der Waals surface area contributed by atoms with E-state index in [0.717, 1.165) is 23.8 Å². The van der Waals surface area contributed by atoms with Crippen LogP contribution in [0.4, 0.5) is 24.8 Å². The van der Waals surface area contributed by atoms with Crippen LogP contribution < -0.4 is 9.80 Å². The number of halogens is 3. The predicted octanol–water partition coefficient (Wildman–Crippen LogP) is 2.45. The summed E-state index contributed by atoms with van der Waals surface area (Å²) in [6.07, 6.45) is -4.28. The molecule has 9 heteroatoms. The van der Waals surface area contributed by atoms with Gasteiger partial charge in [-0.2, -0.15) is 13.2 Å². The van der Waals surface area contributed by atoms with Crippen LogP contribution in [0.15, 0.2) is 36.4 Å². The molecule has 1 fully saturated rings. The minimum atomic E-state index is -4.37. The third-order valence-corrected chi connectivity index (χ3v) is 4.69. The van der Waals surface area contributed by atoms with Gasteiger partial charge in [-0.15, -0.1) is 10.2 Å². The smallest absolute Gasteiger partial charge is 0.361 e. The number of hydrogen-bond acceptors (Lipinski definition) is 5. The molecule has 0 N–H and O–H groups in total. The number of carbonyl (C=O) groups excluding carboxylic acids is 1. The third-order valence-electron chi connectivity index (χ3n) is 4.69. The number of hydrogen-bond donors (Lipinski definition) is 0. The van der Waals surface area contributed by atoms with Crippen LogP contribution in [0.1, 0.15) is 11.1 Å². The molecule has 0 spiro atoms. The SMILES string of the molecule is CN(C)c1ccc(N2CCN(C(=O)Cc3ccc(C(F)(F)F)cc3)CC2)nn1. The molecule has 2 heterocycles. The number of amides is 1. The lowest BCUT2D eigenvalue weighted by Crippen LogP contribution is -2.49. The second-order valence-corrected chi connectivity index (χ2v) is 6.88. The zero-order valence-electron chi connectivity index (χ0n) is 15.8. The second kappa shape index (κ2) is 8.04. The van der Waals surface area contributed by atoms with Crippen LogP contribution in [-0.2, 0) is 17.4 Å². The highest BCUT2D eigenvalue weighted by molar-refractivity contribution is 5.79. The zero-order valence-corrected chi connectivity index (χ0v) is 15.8. The Morgan fingerprint density at radius 3 is 2.14 bits per heavy atom. The average Bonchev–Trinajstić information content (AvgIpc) is 2.68. The van der Waals surface area contributed by atoms with Crippen molar-refractivity contribution in [2.45, 2.75) is 12.6 Å². The standard InChI is InChI=1S/C19H22F3N5O/c1-25(2)16-7-8-17(24-23-16)26-9-11-27(12-10-26)18(28)13-14-3-5-15(6-4-14)19(20,21)22/h3-8H,9-13H2,1-2H3. The van der Waals surface area contributed by atoms with E-state index in [0.29, 0.717) is 31.7 Å². The van der Waals surface area contributed by atoms with Gasteiger partial charge in [0.25, 0.3) is 0 Å². The molecular weight excluding hydrogens is 371 g/mol. The molecule has 150 valence electrons. The number of piperazine rings is 1. The van der Waals surface area contributed by atoms with E-state index in [1.807, 2.05) is 31.1 Å². The molecule has 2 aromatic rings. The summed E-state index contributed by atoms with van der Waals surface area (Å²) in [5.41, 5.74) is -0.135. The molecule has 0 unspecified atom stereocenters. The van der Waals surface area contributed by atoms with Crippen molar-refractivity contribution in [2.75, 3.05) is 50.1 Å². The Labute approximate surface area is 161 Å². The van der Waals surface area contributed by atoms with E-state index in [1.165, 1.54) is 12.1 Å². The van der Waals surface area contributed by atoms with Crippen LogP contribution in [0.2, 0.25) is 0 Å².